The largest absolute Gasteiger partial charge is 0.490 e. The lowest BCUT2D eigenvalue weighted by molar-refractivity contribution is -0.386. The first-order valence-corrected chi connectivity index (χ1v) is 10.6. The average Bonchev–Trinajstić information content (AvgIpc) is 3.12. The Morgan fingerprint density at radius 1 is 1.06 bits per heavy atom. The molecule has 3 aromatic rings. The van der Waals surface area contributed by atoms with Crippen LogP contribution in [0.4, 0.5) is 15.8 Å². The summed E-state index contributed by atoms with van der Waals surface area (Å²) in [5.74, 6) is -1.80. The average molecular weight is 477 g/mol. The number of para-hydroxylation sites is 1. The molecule has 3 aromatic carbocycles. The van der Waals surface area contributed by atoms with E-state index < -0.39 is 28.2 Å². The summed E-state index contributed by atoms with van der Waals surface area (Å²) in [6, 6.07) is 16.8. The maximum absolute atomic E-state index is 13.5. The molecule has 1 saturated heterocycles. The lowest BCUT2D eigenvalue weighted by Gasteiger charge is -2.14. The van der Waals surface area contributed by atoms with Crippen molar-refractivity contribution in [2.45, 2.75) is 13.5 Å². The molecular formula is C25H20FN3O6. The molecule has 0 unspecified atom stereocenters. The number of nitrogens with zero attached hydrogens (tertiary/aromatic N) is 2. The Balaban J connectivity index is 1.69. The minimum atomic E-state index is -0.655. The number of nitro benzene ring substituents is 1. The van der Waals surface area contributed by atoms with Gasteiger partial charge < -0.3 is 9.47 Å². The van der Waals surface area contributed by atoms with Gasteiger partial charge in [0.05, 0.1) is 17.2 Å². The number of rotatable bonds is 8. The number of ether oxygens (including phenoxy) is 2. The number of benzene rings is 3. The number of carbonyl (C=O) groups is 2. The molecule has 1 aliphatic heterocycles. The summed E-state index contributed by atoms with van der Waals surface area (Å²) in [6.07, 6.45) is 1.26. The van der Waals surface area contributed by atoms with Gasteiger partial charge in [0.15, 0.2) is 5.75 Å². The molecule has 35 heavy (non-hydrogen) atoms. The molecule has 0 atom stereocenters. The Labute approximate surface area is 199 Å². The summed E-state index contributed by atoms with van der Waals surface area (Å²) in [5.41, 5.74) is 3.00. The van der Waals surface area contributed by atoms with Crippen molar-refractivity contribution in [1.29, 1.82) is 0 Å². The smallest absolute Gasteiger partial charge is 0.315 e. The molecule has 178 valence electrons. The molecule has 1 N–H and O–H groups in total. The van der Waals surface area contributed by atoms with Gasteiger partial charge >= 0.3 is 5.69 Å². The SMILES string of the molecule is CCOc1cc(/C=C2/C(=O)NN(c3ccccc3)C2=O)cc([N+](=O)[O-])c1OCc1cccc(F)c1. The van der Waals surface area contributed by atoms with Crippen molar-refractivity contribution in [3.63, 3.8) is 0 Å². The molecule has 4 rings (SSSR count). The van der Waals surface area contributed by atoms with Crippen LogP contribution in [0.15, 0.2) is 72.3 Å². The summed E-state index contributed by atoms with van der Waals surface area (Å²) < 4.78 is 24.7. The highest BCUT2D eigenvalue weighted by Gasteiger charge is 2.34. The van der Waals surface area contributed by atoms with Gasteiger partial charge in [0.2, 0.25) is 5.75 Å². The van der Waals surface area contributed by atoms with E-state index in [1.54, 1.807) is 43.3 Å². The zero-order chi connectivity index (χ0) is 24.9. The van der Waals surface area contributed by atoms with Crippen LogP contribution in [0.3, 0.4) is 0 Å². The van der Waals surface area contributed by atoms with Gasteiger partial charge in [0.25, 0.3) is 11.8 Å². The summed E-state index contributed by atoms with van der Waals surface area (Å²) in [5, 5.41) is 12.9. The molecule has 0 saturated carbocycles. The summed E-state index contributed by atoms with van der Waals surface area (Å²) >= 11 is 0. The standard InChI is InChI=1S/C25H20FN3O6/c1-2-34-22-14-17(12-20-24(30)27-28(25(20)31)19-9-4-3-5-10-19)13-21(29(32)33)23(22)35-15-16-7-6-8-18(26)11-16/h3-14H,2,15H2,1H3,(H,27,30)/b20-12-. The number of carbonyl (C=O) groups excluding carboxylic acids is 2. The van der Waals surface area contributed by atoms with Crippen LogP contribution in [-0.2, 0) is 16.2 Å². The lowest BCUT2D eigenvalue weighted by atomic mass is 10.1. The Hall–Kier alpha value is -4.73. The molecule has 9 nitrogen and oxygen atoms in total. The molecule has 1 aliphatic rings. The fraction of sp³-hybridized carbons (Fsp3) is 0.120. The maximum atomic E-state index is 13.5. The first kappa shape index (κ1) is 23.4. The van der Waals surface area contributed by atoms with Crippen LogP contribution in [0, 0.1) is 15.9 Å². The molecule has 10 heteroatoms. The van der Waals surface area contributed by atoms with Crippen LogP contribution < -0.4 is 19.9 Å². The Morgan fingerprint density at radius 2 is 1.83 bits per heavy atom. The molecule has 0 radical (unpaired) electrons. The van der Waals surface area contributed by atoms with Crippen LogP contribution in [-0.4, -0.2) is 23.3 Å². The zero-order valence-electron chi connectivity index (χ0n) is 18.6. The molecule has 0 bridgehead atoms. The minimum Gasteiger partial charge on any atom is -0.490 e. The molecule has 1 fully saturated rings. The van der Waals surface area contributed by atoms with Crippen molar-refractivity contribution >= 4 is 29.3 Å². The van der Waals surface area contributed by atoms with E-state index in [1.165, 1.54) is 36.4 Å². The molecule has 0 spiro atoms. The van der Waals surface area contributed by atoms with Gasteiger partial charge in [-0.05, 0) is 54.5 Å². The van der Waals surface area contributed by atoms with Crippen molar-refractivity contribution in [3.05, 3.63) is 99.4 Å². The van der Waals surface area contributed by atoms with E-state index in [1.807, 2.05) is 0 Å². The summed E-state index contributed by atoms with van der Waals surface area (Å²) in [7, 11) is 0. The molecule has 2 amide bonds. The number of halogens is 1. The third kappa shape index (κ3) is 5.11. The second-order valence-corrected chi connectivity index (χ2v) is 7.45. The third-order valence-electron chi connectivity index (χ3n) is 5.04. The third-order valence-corrected chi connectivity index (χ3v) is 5.04. The first-order valence-electron chi connectivity index (χ1n) is 10.6. The monoisotopic (exact) mass is 477 g/mol. The van der Waals surface area contributed by atoms with Crippen molar-refractivity contribution < 1.29 is 28.4 Å². The van der Waals surface area contributed by atoms with Gasteiger partial charge in [0.1, 0.15) is 18.0 Å². The van der Waals surface area contributed by atoms with Crippen molar-refractivity contribution in [2.24, 2.45) is 0 Å². The fourth-order valence-corrected chi connectivity index (χ4v) is 3.50. The highest BCUT2D eigenvalue weighted by molar-refractivity contribution is 6.31. The molecular weight excluding hydrogens is 457 g/mol. The second kappa shape index (κ2) is 10.0. The predicted octanol–water partition coefficient (Wildman–Crippen LogP) is 4.17. The normalized spacial score (nSPS) is 14.2. The van der Waals surface area contributed by atoms with Gasteiger partial charge in [-0.2, -0.15) is 0 Å². The number of hydrogen-bond acceptors (Lipinski definition) is 6. The van der Waals surface area contributed by atoms with Crippen LogP contribution >= 0.6 is 0 Å². The Kier molecular flexibility index (Phi) is 6.72. The van der Waals surface area contributed by atoms with Crippen LogP contribution in [0.1, 0.15) is 18.1 Å². The molecule has 0 aromatic heterocycles. The van der Waals surface area contributed by atoms with Gasteiger partial charge in [0, 0.05) is 6.07 Å². The fourth-order valence-electron chi connectivity index (χ4n) is 3.50. The van der Waals surface area contributed by atoms with Crippen molar-refractivity contribution in [1.82, 2.24) is 5.43 Å². The number of nitro groups is 1. The quantitative estimate of drug-likeness (QED) is 0.226. The van der Waals surface area contributed by atoms with E-state index in [4.69, 9.17) is 9.47 Å². The summed E-state index contributed by atoms with van der Waals surface area (Å²) in [4.78, 5) is 36.5. The molecule has 1 heterocycles. The topological polar surface area (TPSA) is 111 Å². The minimum absolute atomic E-state index is 0.0516. The number of nitrogens with one attached hydrogen (secondary N) is 1. The van der Waals surface area contributed by atoms with Crippen LogP contribution in [0.25, 0.3) is 6.08 Å². The lowest BCUT2D eigenvalue weighted by Crippen LogP contribution is -2.35. The van der Waals surface area contributed by atoms with Crippen LogP contribution in [0.5, 0.6) is 11.5 Å². The van der Waals surface area contributed by atoms with E-state index in [9.17, 15) is 24.1 Å². The maximum Gasteiger partial charge on any atom is 0.315 e. The highest BCUT2D eigenvalue weighted by Crippen LogP contribution is 2.40. The van der Waals surface area contributed by atoms with Crippen molar-refractivity contribution in [2.75, 3.05) is 11.6 Å². The molecule has 0 aliphatic carbocycles. The van der Waals surface area contributed by atoms with E-state index in [0.717, 1.165) is 5.01 Å². The van der Waals surface area contributed by atoms with E-state index in [0.29, 0.717) is 11.3 Å². The Morgan fingerprint density at radius 3 is 2.51 bits per heavy atom. The van der Waals surface area contributed by atoms with E-state index >= 15 is 0 Å². The van der Waals surface area contributed by atoms with Gasteiger partial charge in [-0.3, -0.25) is 25.1 Å². The van der Waals surface area contributed by atoms with Gasteiger partial charge in [-0.25, -0.2) is 9.40 Å². The number of anilines is 1. The number of amides is 2. The summed E-state index contributed by atoms with van der Waals surface area (Å²) in [6.45, 7) is 1.74. The van der Waals surface area contributed by atoms with Gasteiger partial charge in [-0.1, -0.05) is 30.3 Å². The number of hydrazine groups is 1. The predicted molar refractivity (Wildman–Crippen MR) is 125 cm³/mol. The van der Waals surface area contributed by atoms with E-state index in [-0.39, 0.29) is 35.8 Å². The highest BCUT2D eigenvalue weighted by atomic mass is 19.1. The zero-order valence-corrected chi connectivity index (χ0v) is 18.6. The number of hydrogen-bond donors (Lipinski definition) is 1. The van der Waals surface area contributed by atoms with E-state index in [2.05, 4.69) is 5.43 Å². The first-order chi connectivity index (χ1) is 16.9. The van der Waals surface area contributed by atoms with Crippen molar-refractivity contribution in [3.8, 4) is 11.5 Å². The second-order valence-electron chi connectivity index (χ2n) is 7.45. The van der Waals surface area contributed by atoms with Gasteiger partial charge in [-0.15, -0.1) is 0 Å². The Bertz CT molecular complexity index is 1330. The van der Waals surface area contributed by atoms with Crippen LogP contribution in [0.2, 0.25) is 0 Å².